The first-order valence-electron chi connectivity index (χ1n) is 8.40. The van der Waals surface area contributed by atoms with Crippen molar-refractivity contribution in [2.75, 3.05) is 13.1 Å². The molecule has 3 rings (SSSR count). The first-order chi connectivity index (χ1) is 9.86. The lowest BCUT2D eigenvalue weighted by Gasteiger charge is -2.49. The normalized spacial score (nSPS) is 30.4. The molecular weight excluding hydrogens is 244 g/mol. The first kappa shape index (κ1) is 14.1. The van der Waals surface area contributed by atoms with Gasteiger partial charge in [-0.1, -0.05) is 43.7 Å². The summed E-state index contributed by atoms with van der Waals surface area (Å²) in [6.07, 6.45) is 8.19. The van der Waals surface area contributed by atoms with Crippen LogP contribution >= 0.6 is 0 Å². The summed E-state index contributed by atoms with van der Waals surface area (Å²) >= 11 is 0. The Morgan fingerprint density at radius 1 is 1.10 bits per heavy atom. The molecule has 2 nitrogen and oxygen atoms in total. The smallest absolute Gasteiger partial charge is 0.0113 e. The Bertz CT molecular complexity index is 389. The maximum atomic E-state index is 3.68. The van der Waals surface area contributed by atoms with Crippen LogP contribution in [0.1, 0.15) is 44.6 Å². The number of hydrogen-bond acceptors (Lipinski definition) is 2. The Labute approximate surface area is 123 Å². The highest BCUT2D eigenvalue weighted by Crippen LogP contribution is 2.34. The molecule has 2 aliphatic rings. The molecule has 2 atom stereocenters. The molecule has 20 heavy (non-hydrogen) atoms. The van der Waals surface area contributed by atoms with E-state index in [1.807, 2.05) is 0 Å². The van der Waals surface area contributed by atoms with Crippen molar-refractivity contribution in [2.45, 2.75) is 63.6 Å². The summed E-state index contributed by atoms with van der Waals surface area (Å²) in [5.41, 5.74) is 1.49. The molecule has 0 aromatic heterocycles. The number of rotatable bonds is 5. The fraction of sp³-hybridized carbons (Fsp3) is 0.667. The van der Waals surface area contributed by atoms with Gasteiger partial charge >= 0.3 is 0 Å². The first-order valence-corrected chi connectivity index (χ1v) is 8.40. The van der Waals surface area contributed by atoms with Gasteiger partial charge in [0.15, 0.2) is 0 Å². The van der Waals surface area contributed by atoms with E-state index in [1.165, 1.54) is 50.6 Å². The number of piperidine rings is 2. The van der Waals surface area contributed by atoms with Crippen LogP contribution in [0.3, 0.4) is 0 Å². The van der Waals surface area contributed by atoms with E-state index < -0.39 is 0 Å². The van der Waals surface area contributed by atoms with Crippen molar-refractivity contribution < 1.29 is 0 Å². The average molecular weight is 272 g/mol. The van der Waals surface area contributed by atoms with Crippen molar-refractivity contribution in [1.29, 1.82) is 0 Å². The quantitative estimate of drug-likeness (QED) is 0.885. The third-order valence-corrected chi connectivity index (χ3v) is 5.12. The topological polar surface area (TPSA) is 15.3 Å². The van der Waals surface area contributed by atoms with Gasteiger partial charge < -0.3 is 5.32 Å². The van der Waals surface area contributed by atoms with Crippen LogP contribution in [0.4, 0.5) is 0 Å². The molecule has 0 amide bonds. The molecule has 0 saturated carbocycles. The zero-order chi connectivity index (χ0) is 13.8. The van der Waals surface area contributed by atoms with Crippen LogP contribution < -0.4 is 5.32 Å². The molecule has 0 spiro atoms. The van der Waals surface area contributed by atoms with E-state index in [0.29, 0.717) is 0 Å². The van der Waals surface area contributed by atoms with E-state index in [-0.39, 0.29) is 0 Å². The minimum absolute atomic E-state index is 0.767. The van der Waals surface area contributed by atoms with E-state index in [1.54, 1.807) is 0 Å². The van der Waals surface area contributed by atoms with Gasteiger partial charge in [0.1, 0.15) is 0 Å². The van der Waals surface area contributed by atoms with Gasteiger partial charge in [0.25, 0.3) is 0 Å². The lowest BCUT2D eigenvalue weighted by Crippen LogP contribution is -2.56. The molecule has 1 N–H and O–H groups in total. The van der Waals surface area contributed by atoms with E-state index in [2.05, 4.69) is 47.5 Å². The number of fused-ring (bicyclic) bond motifs is 2. The molecule has 1 aromatic rings. The van der Waals surface area contributed by atoms with Gasteiger partial charge in [-0.15, -0.1) is 0 Å². The highest BCUT2D eigenvalue weighted by Gasteiger charge is 2.37. The second-order valence-electron chi connectivity index (χ2n) is 6.44. The van der Waals surface area contributed by atoms with Gasteiger partial charge in [0.2, 0.25) is 0 Å². The molecule has 110 valence electrons. The maximum absolute atomic E-state index is 3.68. The van der Waals surface area contributed by atoms with Crippen molar-refractivity contribution in [3.63, 3.8) is 0 Å². The number of nitrogens with zero attached hydrogens (tertiary/aromatic N) is 1. The van der Waals surface area contributed by atoms with Gasteiger partial charge in [-0.25, -0.2) is 0 Å². The standard InChI is InChI=1S/C18H28N2/c1-2-19-16-13-17-9-6-10-18(14-16)20(17)12-11-15-7-4-3-5-8-15/h3-5,7-8,16-19H,2,6,9-14H2,1H3. The van der Waals surface area contributed by atoms with E-state index >= 15 is 0 Å². The lowest BCUT2D eigenvalue weighted by molar-refractivity contribution is 0.0260. The summed E-state index contributed by atoms with van der Waals surface area (Å²) in [5.74, 6) is 0. The molecule has 0 aliphatic carbocycles. The SMILES string of the molecule is CCNC1CC2CCCC(C1)N2CCc1ccccc1. The van der Waals surface area contributed by atoms with Crippen LogP contribution in [0, 0.1) is 0 Å². The predicted molar refractivity (Wildman–Crippen MR) is 85.0 cm³/mol. The van der Waals surface area contributed by atoms with Gasteiger partial charge in [0.05, 0.1) is 0 Å². The summed E-state index contributed by atoms with van der Waals surface area (Å²) < 4.78 is 0. The zero-order valence-corrected chi connectivity index (χ0v) is 12.7. The third kappa shape index (κ3) is 3.24. The molecule has 2 heterocycles. The summed E-state index contributed by atoms with van der Waals surface area (Å²) in [7, 11) is 0. The predicted octanol–water partition coefficient (Wildman–Crippen LogP) is 3.22. The molecule has 2 saturated heterocycles. The Morgan fingerprint density at radius 2 is 1.80 bits per heavy atom. The van der Waals surface area contributed by atoms with Crippen molar-refractivity contribution >= 4 is 0 Å². The number of nitrogens with one attached hydrogen (secondary N) is 1. The summed E-state index contributed by atoms with van der Waals surface area (Å²) in [5, 5.41) is 3.68. The van der Waals surface area contributed by atoms with E-state index in [4.69, 9.17) is 0 Å². The highest BCUT2D eigenvalue weighted by atomic mass is 15.2. The highest BCUT2D eigenvalue weighted by molar-refractivity contribution is 5.15. The van der Waals surface area contributed by atoms with E-state index in [0.717, 1.165) is 24.7 Å². The monoisotopic (exact) mass is 272 g/mol. The van der Waals surface area contributed by atoms with E-state index in [9.17, 15) is 0 Å². The van der Waals surface area contributed by atoms with Gasteiger partial charge in [-0.2, -0.15) is 0 Å². The molecule has 2 fully saturated rings. The minimum Gasteiger partial charge on any atom is -0.314 e. The van der Waals surface area contributed by atoms with Crippen LogP contribution in [0.25, 0.3) is 0 Å². The van der Waals surface area contributed by atoms with Gasteiger partial charge in [-0.05, 0) is 44.2 Å². The zero-order valence-electron chi connectivity index (χ0n) is 12.7. The fourth-order valence-electron chi connectivity index (χ4n) is 4.20. The van der Waals surface area contributed by atoms with Crippen molar-refractivity contribution in [1.82, 2.24) is 10.2 Å². The van der Waals surface area contributed by atoms with Crippen LogP contribution in [0.2, 0.25) is 0 Å². The maximum Gasteiger partial charge on any atom is 0.0113 e. The molecule has 2 bridgehead atoms. The summed E-state index contributed by atoms with van der Waals surface area (Å²) in [6.45, 7) is 4.60. The molecule has 2 aliphatic heterocycles. The van der Waals surface area contributed by atoms with Crippen molar-refractivity contribution in [3.05, 3.63) is 35.9 Å². The Morgan fingerprint density at radius 3 is 2.45 bits per heavy atom. The summed E-state index contributed by atoms with van der Waals surface area (Å²) in [6, 6.07) is 13.4. The number of benzene rings is 1. The van der Waals surface area contributed by atoms with Crippen LogP contribution in [0.5, 0.6) is 0 Å². The molecule has 0 radical (unpaired) electrons. The Hall–Kier alpha value is -0.860. The minimum atomic E-state index is 0.767. The Balaban J connectivity index is 1.59. The van der Waals surface area contributed by atoms with Crippen LogP contribution in [-0.2, 0) is 6.42 Å². The molecule has 2 heteroatoms. The molecular formula is C18H28N2. The van der Waals surface area contributed by atoms with Crippen LogP contribution in [-0.4, -0.2) is 36.1 Å². The second kappa shape index (κ2) is 6.73. The van der Waals surface area contributed by atoms with Crippen LogP contribution in [0.15, 0.2) is 30.3 Å². The fourth-order valence-corrected chi connectivity index (χ4v) is 4.20. The van der Waals surface area contributed by atoms with Crippen molar-refractivity contribution in [2.24, 2.45) is 0 Å². The second-order valence-corrected chi connectivity index (χ2v) is 6.44. The summed E-state index contributed by atoms with van der Waals surface area (Å²) in [4.78, 5) is 2.82. The Kier molecular flexibility index (Phi) is 4.74. The molecule has 2 unspecified atom stereocenters. The lowest BCUT2D eigenvalue weighted by atomic mass is 9.81. The molecule has 1 aromatic carbocycles. The van der Waals surface area contributed by atoms with Gasteiger partial charge in [0, 0.05) is 24.7 Å². The van der Waals surface area contributed by atoms with Crippen molar-refractivity contribution in [3.8, 4) is 0 Å². The largest absolute Gasteiger partial charge is 0.314 e. The third-order valence-electron chi connectivity index (χ3n) is 5.12. The number of hydrogen-bond donors (Lipinski definition) is 1. The average Bonchev–Trinajstić information content (AvgIpc) is 2.46. The van der Waals surface area contributed by atoms with Gasteiger partial charge in [-0.3, -0.25) is 4.90 Å².